The number of carbonyl (C=O) groups excluding carboxylic acids is 1. The van der Waals surface area contributed by atoms with E-state index in [0.29, 0.717) is 19.4 Å². The van der Waals surface area contributed by atoms with Crippen LogP contribution in [0.2, 0.25) is 0 Å². The molecule has 0 aliphatic heterocycles. The summed E-state index contributed by atoms with van der Waals surface area (Å²) in [4.78, 5) is 11.9. The van der Waals surface area contributed by atoms with Crippen molar-refractivity contribution in [1.82, 2.24) is 25.1 Å². The lowest BCUT2D eigenvalue weighted by Gasteiger charge is -2.10. The van der Waals surface area contributed by atoms with E-state index in [9.17, 15) is 4.79 Å². The summed E-state index contributed by atoms with van der Waals surface area (Å²) < 4.78 is 6.84. The number of hydrogen-bond acceptors (Lipinski definition) is 5. The number of fused-ring (bicyclic) bond motifs is 1. The first kappa shape index (κ1) is 14.2. The van der Waals surface area contributed by atoms with Crippen molar-refractivity contribution >= 4 is 11.6 Å². The van der Waals surface area contributed by atoms with Crippen molar-refractivity contribution in [3.63, 3.8) is 0 Å². The number of rotatable bonds is 5. The van der Waals surface area contributed by atoms with Crippen molar-refractivity contribution in [2.24, 2.45) is 0 Å². The SMILES string of the molecule is Cc1nn2cnnc2c(C)c1CCC(=O)NCc1ccco1. The van der Waals surface area contributed by atoms with Gasteiger partial charge in [0.25, 0.3) is 0 Å². The van der Waals surface area contributed by atoms with Gasteiger partial charge in [0.15, 0.2) is 5.65 Å². The van der Waals surface area contributed by atoms with Gasteiger partial charge in [-0.15, -0.1) is 10.2 Å². The molecule has 0 saturated heterocycles. The van der Waals surface area contributed by atoms with Crippen LogP contribution >= 0.6 is 0 Å². The second kappa shape index (κ2) is 5.97. The molecule has 22 heavy (non-hydrogen) atoms. The van der Waals surface area contributed by atoms with Gasteiger partial charge < -0.3 is 9.73 Å². The van der Waals surface area contributed by atoms with Gasteiger partial charge in [-0.2, -0.15) is 5.10 Å². The third kappa shape index (κ3) is 2.83. The standard InChI is InChI=1S/C15H17N5O2/c1-10-13(11(2)19-20-9-17-18-15(10)20)5-6-14(21)16-8-12-4-3-7-22-12/h3-4,7,9H,5-6,8H2,1-2H3,(H,16,21). The topological polar surface area (TPSA) is 85.3 Å². The van der Waals surface area contributed by atoms with Gasteiger partial charge in [0.05, 0.1) is 18.5 Å². The second-order valence-electron chi connectivity index (χ2n) is 5.14. The molecule has 0 fully saturated rings. The molecule has 114 valence electrons. The molecule has 0 spiro atoms. The second-order valence-corrected chi connectivity index (χ2v) is 5.14. The van der Waals surface area contributed by atoms with Crippen LogP contribution in [-0.2, 0) is 17.8 Å². The number of nitrogens with zero attached hydrogens (tertiary/aromatic N) is 4. The molecule has 7 heteroatoms. The summed E-state index contributed by atoms with van der Waals surface area (Å²) in [5, 5.41) is 15.2. The molecule has 3 aromatic rings. The maximum atomic E-state index is 11.9. The van der Waals surface area contributed by atoms with Crippen LogP contribution in [-0.4, -0.2) is 25.7 Å². The predicted molar refractivity (Wildman–Crippen MR) is 79.1 cm³/mol. The molecule has 7 nitrogen and oxygen atoms in total. The third-order valence-corrected chi connectivity index (χ3v) is 3.65. The Morgan fingerprint density at radius 1 is 1.41 bits per heavy atom. The van der Waals surface area contributed by atoms with E-state index in [0.717, 1.165) is 28.2 Å². The smallest absolute Gasteiger partial charge is 0.220 e. The van der Waals surface area contributed by atoms with Crippen LogP contribution in [0.4, 0.5) is 0 Å². The summed E-state index contributed by atoms with van der Waals surface area (Å²) in [5.74, 6) is 0.726. The Kier molecular flexibility index (Phi) is 3.86. The highest BCUT2D eigenvalue weighted by Crippen LogP contribution is 2.17. The molecule has 3 heterocycles. The van der Waals surface area contributed by atoms with Crippen LogP contribution in [0.1, 0.15) is 29.0 Å². The van der Waals surface area contributed by atoms with Crippen LogP contribution in [0.15, 0.2) is 29.1 Å². The van der Waals surface area contributed by atoms with Crippen LogP contribution in [0, 0.1) is 13.8 Å². The van der Waals surface area contributed by atoms with E-state index >= 15 is 0 Å². The molecule has 0 aliphatic rings. The van der Waals surface area contributed by atoms with E-state index < -0.39 is 0 Å². The largest absolute Gasteiger partial charge is 0.467 e. The zero-order valence-electron chi connectivity index (χ0n) is 12.5. The molecule has 0 bridgehead atoms. The van der Waals surface area contributed by atoms with E-state index in [-0.39, 0.29) is 5.91 Å². The van der Waals surface area contributed by atoms with Gasteiger partial charge in [-0.05, 0) is 38.0 Å². The van der Waals surface area contributed by atoms with Gasteiger partial charge in [-0.1, -0.05) is 0 Å². The van der Waals surface area contributed by atoms with E-state index in [1.165, 1.54) is 0 Å². The summed E-state index contributed by atoms with van der Waals surface area (Å²) in [6, 6.07) is 3.63. The molecule has 0 aliphatic carbocycles. The normalized spacial score (nSPS) is 11.0. The number of hydrogen-bond donors (Lipinski definition) is 1. The molecule has 0 aromatic carbocycles. The molecule has 0 saturated carbocycles. The third-order valence-electron chi connectivity index (χ3n) is 3.65. The van der Waals surface area contributed by atoms with Crippen molar-refractivity contribution in [2.75, 3.05) is 0 Å². The Bertz CT molecular complexity index is 792. The van der Waals surface area contributed by atoms with Gasteiger partial charge in [-0.25, -0.2) is 4.52 Å². The number of nitrogens with one attached hydrogen (secondary N) is 1. The lowest BCUT2D eigenvalue weighted by atomic mass is 10.0. The Morgan fingerprint density at radius 3 is 3.05 bits per heavy atom. The maximum absolute atomic E-state index is 11.9. The fourth-order valence-corrected chi connectivity index (χ4v) is 2.47. The summed E-state index contributed by atoms with van der Waals surface area (Å²) in [7, 11) is 0. The van der Waals surface area contributed by atoms with E-state index in [1.54, 1.807) is 23.2 Å². The van der Waals surface area contributed by atoms with Gasteiger partial charge in [0.1, 0.15) is 12.1 Å². The van der Waals surface area contributed by atoms with Crippen LogP contribution < -0.4 is 5.32 Å². The van der Waals surface area contributed by atoms with E-state index in [4.69, 9.17) is 4.42 Å². The highest BCUT2D eigenvalue weighted by Gasteiger charge is 2.12. The summed E-state index contributed by atoms with van der Waals surface area (Å²) in [5.41, 5.74) is 3.69. The Hall–Kier alpha value is -2.70. The first-order valence-electron chi connectivity index (χ1n) is 7.10. The fraction of sp³-hybridized carbons (Fsp3) is 0.333. The van der Waals surface area contributed by atoms with Crippen LogP contribution in [0.5, 0.6) is 0 Å². The van der Waals surface area contributed by atoms with Crippen molar-refractivity contribution in [3.8, 4) is 0 Å². The van der Waals surface area contributed by atoms with Gasteiger partial charge in [-0.3, -0.25) is 4.79 Å². The van der Waals surface area contributed by atoms with Crippen LogP contribution in [0.3, 0.4) is 0 Å². The van der Waals surface area contributed by atoms with Gasteiger partial charge in [0.2, 0.25) is 5.91 Å². The maximum Gasteiger partial charge on any atom is 0.220 e. The lowest BCUT2D eigenvalue weighted by molar-refractivity contribution is -0.121. The minimum Gasteiger partial charge on any atom is -0.467 e. The van der Waals surface area contributed by atoms with Crippen molar-refractivity contribution in [1.29, 1.82) is 0 Å². The van der Waals surface area contributed by atoms with Crippen LogP contribution in [0.25, 0.3) is 5.65 Å². The Labute approximate surface area is 127 Å². The number of furan rings is 1. The lowest BCUT2D eigenvalue weighted by Crippen LogP contribution is -2.23. The molecule has 0 atom stereocenters. The summed E-state index contributed by atoms with van der Waals surface area (Å²) in [6.07, 6.45) is 4.19. The predicted octanol–water partition coefficient (Wildman–Crippen LogP) is 1.58. The monoisotopic (exact) mass is 299 g/mol. The first-order valence-corrected chi connectivity index (χ1v) is 7.10. The van der Waals surface area contributed by atoms with Gasteiger partial charge >= 0.3 is 0 Å². The number of carbonyl (C=O) groups is 1. The summed E-state index contributed by atoms with van der Waals surface area (Å²) >= 11 is 0. The molecule has 1 amide bonds. The van der Waals surface area contributed by atoms with E-state index in [1.807, 2.05) is 19.9 Å². The number of aromatic nitrogens is 4. The van der Waals surface area contributed by atoms with Gasteiger partial charge in [0, 0.05) is 12.0 Å². The zero-order valence-corrected chi connectivity index (χ0v) is 12.5. The molecular weight excluding hydrogens is 282 g/mol. The van der Waals surface area contributed by atoms with Crippen molar-refractivity contribution in [2.45, 2.75) is 33.2 Å². The zero-order chi connectivity index (χ0) is 15.5. The Balaban J connectivity index is 1.64. The average Bonchev–Trinajstić information content (AvgIpc) is 3.15. The highest BCUT2D eigenvalue weighted by molar-refractivity contribution is 5.76. The van der Waals surface area contributed by atoms with Crippen molar-refractivity contribution in [3.05, 3.63) is 47.3 Å². The Morgan fingerprint density at radius 2 is 2.27 bits per heavy atom. The molecular formula is C15H17N5O2. The van der Waals surface area contributed by atoms with E-state index in [2.05, 4.69) is 20.6 Å². The number of aryl methyl sites for hydroxylation is 2. The minimum absolute atomic E-state index is 0.0171. The quantitative estimate of drug-likeness (QED) is 0.773. The highest BCUT2D eigenvalue weighted by atomic mass is 16.3. The molecule has 1 N–H and O–H groups in total. The first-order chi connectivity index (χ1) is 10.6. The molecule has 0 radical (unpaired) electrons. The molecule has 3 rings (SSSR count). The van der Waals surface area contributed by atoms with Crippen molar-refractivity contribution < 1.29 is 9.21 Å². The fourth-order valence-electron chi connectivity index (χ4n) is 2.47. The average molecular weight is 299 g/mol. The molecule has 0 unspecified atom stereocenters. The molecule has 3 aromatic heterocycles. The summed E-state index contributed by atoms with van der Waals surface area (Å²) in [6.45, 7) is 4.32. The minimum atomic E-state index is -0.0171. The number of amides is 1.